The first kappa shape index (κ1) is 10.9. The highest BCUT2D eigenvalue weighted by Gasteiger charge is 2.66. The Hall–Kier alpha value is 0.828. The summed E-state index contributed by atoms with van der Waals surface area (Å²) >= 11 is 0. The van der Waals surface area contributed by atoms with Gasteiger partial charge in [-0.1, -0.05) is 36.6 Å². The molecule has 0 radical (unpaired) electrons. The summed E-state index contributed by atoms with van der Waals surface area (Å²) in [5, 5.41) is 0. The van der Waals surface area contributed by atoms with Crippen molar-refractivity contribution < 1.29 is 0 Å². The molecule has 4 saturated heterocycles. The van der Waals surface area contributed by atoms with E-state index >= 15 is 0 Å². The minimum Gasteiger partial charge on any atom is -0.340 e. The molecule has 15 heavy (non-hydrogen) atoms. The number of hydrogen-bond donors (Lipinski definition) is 1. The van der Waals surface area contributed by atoms with Crippen LogP contribution in [0.25, 0.3) is 0 Å². The second-order valence-corrected chi connectivity index (χ2v) is 30.4. The maximum absolute atomic E-state index is 3.93. The molecule has 4 aliphatic rings. The van der Waals surface area contributed by atoms with Gasteiger partial charge >= 0.3 is 0 Å². The molecule has 1 N–H and O–H groups in total. The van der Waals surface area contributed by atoms with Gasteiger partial charge in [0.15, 0.2) is 0 Å². The molecule has 0 saturated carbocycles. The minimum absolute atomic E-state index is 0.715. The van der Waals surface area contributed by atoms with Crippen LogP contribution in [0.3, 0.4) is 0 Å². The smallest absolute Gasteiger partial charge is 0.117 e. The molecule has 4 rings (SSSR count). The van der Waals surface area contributed by atoms with E-state index in [2.05, 4.69) is 31.7 Å². The summed E-state index contributed by atoms with van der Waals surface area (Å²) in [7, 11) is -0.736. The van der Waals surface area contributed by atoms with Gasteiger partial charge in [0, 0.05) is 24.2 Å². The normalized spacial score (nSPS) is 62.4. The molecule has 0 spiro atoms. The zero-order valence-electron chi connectivity index (χ0n) is 10.7. The molecule has 0 aromatic heterocycles. The summed E-state index contributed by atoms with van der Waals surface area (Å²) in [6, 6.07) is 0. The van der Waals surface area contributed by atoms with Gasteiger partial charge in [0.1, 0.15) is 8.24 Å². The van der Waals surface area contributed by atoms with Crippen LogP contribution in [0.2, 0.25) is 53.6 Å². The predicted molar refractivity (Wildman–Crippen MR) is 78.5 cm³/mol. The number of rotatable bonds is 1. The van der Waals surface area contributed by atoms with Crippen LogP contribution in [-0.2, 0) is 0 Å². The van der Waals surface area contributed by atoms with Crippen LogP contribution in [0.4, 0.5) is 0 Å². The molecule has 0 aromatic carbocycles. The Morgan fingerprint density at radius 3 is 1.27 bits per heavy atom. The molecule has 0 aliphatic carbocycles. The first-order valence-electron chi connectivity index (χ1n) is 6.49. The van der Waals surface area contributed by atoms with E-state index in [0.29, 0.717) is 0 Å². The van der Waals surface area contributed by atoms with Crippen molar-refractivity contribution in [1.29, 1.82) is 0 Å². The van der Waals surface area contributed by atoms with Crippen LogP contribution in [0.15, 0.2) is 0 Å². The topological polar surface area (TPSA) is 12.0 Å². The summed E-state index contributed by atoms with van der Waals surface area (Å²) < 4.78 is 0. The molecule has 86 valence electrons. The fraction of sp³-hybridized carbons (Fsp3) is 1.00. The number of nitrogens with one attached hydrogen (secondary N) is 1. The average molecular weight is 272 g/mol. The molecule has 0 amide bonds. The van der Waals surface area contributed by atoms with E-state index in [1.165, 1.54) is 0 Å². The molecule has 5 heteroatoms. The molecule has 4 bridgehead atoms. The zero-order chi connectivity index (χ0) is 10.9. The summed E-state index contributed by atoms with van der Waals surface area (Å²) in [6.07, 6.45) is 0. The molecule has 0 atom stereocenters. The number of hydrogen-bond acceptors (Lipinski definition) is 1. The lowest BCUT2D eigenvalue weighted by atomic mass is 11.6. The van der Waals surface area contributed by atoms with E-state index in [1.54, 1.807) is 17.0 Å². The Morgan fingerprint density at radius 1 is 0.667 bits per heavy atom. The monoisotopic (exact) mass is 271 g/mol. The van der Waals surface area contributed by atoms with Gasteiger partial charge in [-0.25, -0.2) is 0 Å². The van der Waals surface area contributed by atoms with Crippen molar-refractivity contribution in [3.63, 3.8) is 0 Å². The summed E-state index contributed by atoms with van der Waals surface area (Å²) in [5.74, 6) is 0. The van der Waals surface area contributed by atoms with Gasteiger partial charge in [-0.2, -0.15) is 0 Å². The van der Waals surface area contributed by atoms with E-state index in [9.17, 15) is 0 Å². The Balaban J connectivity index is 2.06. The average Bonchev–Trinajstić information content (AvgIpc) is 1.94. The van der Waals surface area contributed by atoms with E-state index < -0.39 is 32.5 Å². The lowest BCUT2D eigenvalue weighted by Gasteiger charge is -2.66. The third kappa shape index (κ3) is 1.54. The highest BCUT2D eigenvalue weighted by Crippen LogP contribution is 2.58. The predicted octanol–water partition coefficient (Wildman–Crippen LogP) is 2.66. The van der Waals surface area contributed by atoms with Gasteiger partial charge in [-0.15, -0.1) is 0 Å². The van der Waals surface area contributed by atoms with Crippen molar-refractivity contribution in [2.75, 3.05) is 7.05 Å². The summed E-state index contributed by atoms with van der Waals surface area (Å²) in [5.41, 5.74) is 10.8. The van der Waals surface area contributed by atoms with Gasteiger partial charge in [0.2, 0.25) is 0 Å². The lowest BCUT2D eigenvalue weighted by Crippen LogP contribution is -2.79. The van der Waals surface area contributed by atoms with Gasteiger partial charge < -0.3 is 4.98 Å². The molecule has 4 heterocycles. The Labute approximate surface area is 98.2 Å². The molecule has 4 fully saturated rings. The van der Waals surface area contributed by atoms with Crippen molar-refractivity contribution in [3.05, 3.63) is 0 Å². The third-order valence-corrected chi connectivity index (χ3v) is 45.3. The SMILES string of the molecule is CN[Si]12C[Si]3(C)C[Si](C)(C[Si](C)(C3)C1)C2. The Bertz CT molecular complexity index is 265. The van der Waals surface area contributed by atoms with Crippen LogP contribution in [0.1, 0.15) is 0 Å². The van der Waals surface area contributed by atoms with Crippen molar-refractivity contribution >= 4 is 32.5 Å². The second kappa shape index (κ2) is 2.80. The van der Waals surface area contributed by atoms with E-state index in [4.69, 9.17) is 0 Å². The van der Waals surface area contributed by atoms with Gasteiger partial charge in [-0.3, -0.25) is 0 Å². The lowest BCUT2D eigenvalue weighted by molar-refractivity contribution is 1.05. The van der Waals surface area contributed by atoms with Gasteiger partial charge in [0.05, 0.1) is 0 Å². The van der Waals surface area contributed by atoms with E-state index in [0.717, 1.165) is 0 Å². The summed E-state index contributed by atoms with van der Waals surface area (Å²) in [4.78, 5) is 3.93. The van der Waals surface area contributed by atoms with E-state index in [-0.39, 0.29) is 0 Å². The fourth-order valence-corrected chi connectivity index (χ4v) is 72.5. The molecule has 1 nitrogen and oxygen atoms in total. The minimum atomic E-state index is -0.902. The fourth-order valence-electron chi connectivity index (χ4n) is 6.56. The highest BCUT2D eigenvalue weighted by molar-refractivity contribution is 7.28. The summed E-state index contributed by atoms with van der Waals surface area (Å²) in [6.45, 7) is 8.33. The Kier molecular flexibility index (Phi) is 2.04. The molecule has 4 aliphatic heterocycles. The largest absolute Gasteiger partial charge is 0.340 e. The van der Waals surface area contributed by atoms with Crippen molar-refractivity contribution in [1.82, 2.24) is 4.98 Å². The van der Waals surface area contributed by atoms with E-state index in [1.807, 2.05) is 17.0 Å². The molecule has 0 unspecified atom stereocenters. The van der Waals surface area contributed by atoms with Crippen LogP contribution in [-0.4, -0.2) is 39.5 Å². The van der Waals surface area contributed by atoms with Gasteiger partial charge in [-0.05, 0) is 24.0 Å². The van der Waals surface area contributed by atoms with Crippen molar-refractivity contribution in [2.24, 2.45) is 0 Å². The van der Waals surface area contributed by atoms with Crippen LogP contribution < -0.4 is 4.98 Å². The van der Waals surface area contributed by atoms with Crippen LogP contribution in [0.5, 0.6) is 0 Å². The Morgan fingerprint density at radius 2 is 1.00 bits per heavy atom. The maximum Gasteiger partial charge on any atom is 0.117 e. The van der Waals surface area contributed by atoms with Crippen molar-refractivity contribution in [2.45, 2.75) is 53.6 Å². The van der Waals surface area contributed by atoms with Crippen LogP contribution in [0, 0.1) is 0 Å². The molecular formula is C10H25NSi4. The van der Waals surface area contributed by atoms with Crippen LogP contribution >= 0.6 is 0 Å². The van der Waals surface area contributed by atoms with Gasteiger partial charge in [0.25, 0.3) is 0 Å². The third-order valence-electron chi connectivity index (χ3n) is 5.39. The van der Waals surface area contributed by atoms with Crippen molar-refractivity contribution in [3.8, 4) is 0 Å². The first-order valence-corrected chi connectivity index (χ1v) is 18.5. The molecular weight excluding hydrogens is 246 g/mol. The quantitative estimate of drug-likeness (QED) is 0.723. The first-order chi connectivity index (χ1) is 6.80. The zero-order valence-corrected chi connectivity index (χ0v) is 14.7. The molecule has 0 aromatic rings. The maximum atomic E-state index is 3.93. The standard InChI is InChI=1S/C10H25NSi4/c1-11-15-8-12(2)5-13(3,9-15)7-14(4,6-12)10-15/h11H,5-10H2,1-4H3. The second-order valence-electron chi connectivity index (χ2n) is 8.02. The highest BCUT2D eigenvalue weighted by atomic mass is 28.5.